The number of rotatable bonds is 6. The van der Waals surface area contributed by atoms with Crippen molar-refractivity contribution in [2.45, 2.75) is 32.6 Å². The SMILES string of the molecule is CCN(CC)C(=O)CCC(C#N)c1ccncc1. The van der Waals surface area contributed by atoms with Crippen molar-refractivity contribution in [1.82, 2.24) is 9.88 Å². The number of nitrogens with zero attached hydrogens (tertiary/aromatic N) is 3. The van der Waals surface area contributed by atoms with Crippen LogP contribution in [0.5, 0.6) is 0 Å². The van der Waals surface area contributed by atoms with E-state index in [2.05, 4.69) is 11.1 Å². The smallest absolute Gasteiger partial charge is 0.222 e. The van der Waals surface area contributed by atoms with Gasteiger partial charge in [0.15, 0.2) is 0 Å². The number of hydrogen-bond acceptors (Lipinski definition) is 3. The van der Waals surface area contributed by atoms with Gasteiger partial charge in [0.05, 0.1) is 12.0 Å². The van der Waals surface area contributed by atoms with Crippen LogP contribution >= 0.6 is 0 Å². The maximum absolute atomic E-state index is 11.9. The lowest BCUT2D eigenvalue weighted by Gasteiger charge is -2.19. The molecule has 1 rings (SSSR count). The van der Waals surface area contributed by atoms with Crippen molar-refractivity contribution >= 4 is 5.91 Å². The molecule has 1 heterocycles. The van der Waals surface area contributed by atoms with E-state index in [1.807, 2.05) is 26.0 Å². The minimum atomic E-state index is -0.229. The molecule has 0 N–H and O–H groups in total. The van der Waals surface area contributed by atoms with Crippen LogP contribution in [0.1, 0.15) is 38.2 Å². The van der Waals surface area contributed by atoms with E-state index in [1.54, 1.807) is 17.3 Å². The van der Waals surface area contributed by atoms with Gasteiger partial charge >= 0.3 is 0 Å². The summed E-state index contributed by atoms with van der Waals surface area (Å²) in [4.78, 5) is 17.6. The number of aromatic nitrogens is 1. The van der Waals surface area contributed by atoms with E-state index in [4.69, 9.17) is 5.26 Å². The number of nitriles is 1. The Morgan fingerprint density at radius 1 is 1.39 bits per heavy atom. The minimum absolute atomic E-state index is 0.120. The van der Waals surface area contributed by atoms with Gasteiger partial charge in [0.25, 0.3) is 0 Å². The average molecular weight is 245 g/mol. The Hall–Kier alpha value is -1.89. The molecule has 0 aliphatic carbocycles. The molecule has 96 valence electrons. The van der Waals surface area contributed by atoms with Crippen LogP contribution in [0.4, 0.5) is 0 Å². The first kappa shape index (κ1) is 14.2. The van der Waals surface area contributed by atoms with Gasteiger partial charge in [-0.05, 0) is 38.0 Å². The largest absolute Gasteiger partial charge is 0.343 e. The van der Waals surface area contributed by atoms with Crippen LogP contribution in [-0.2, 0) is 4.79 Å². The van der Waals surface area contributed by atoms with E-state index in [1.165, 1.54) is 0 Å². The monoisotopic (exact) mass is 245 g/mol. The second-order valence-corrected chi connectivity index (χ2v) is 4.07. The van der Waals surface area contributed by atoms with Crippen molar-refractivity contribution < 1.29 is 4.79 Å². The fraction of sp³-hybridized carbons (Fsp3) is 0.500. The summed E-state index contributed by atoms with van der Waals surface area (Å²) in [6, 6.07) is 5.91. The molecule has 0 fully saturated rings. The first-order valence-corrected chi connectivity index (χ1v) is 6.30. The fourth-order valence-corrected chi connectivity index (χ4v) is 1.90. The molecule has 0 saturated carbocycles. The Balaban J connectivity index is 2.56. The first-order chi connectivity index (χ1) is 8.72. The van der Waals surface area contributed by atoms with Crippen LogP contribution < -0.4 is 0 Å². The summed E-state index contributed by atoms with van der Waals surface area (Å²) < 4.78 is 0. The molecule has 1 amide bonds. The highest BCUT2D eigenvalue weighted by molar-refractivity contribution is 5.76. The van der Waals surface area contributed by atoms with E-state index in [0.29, 0.717) is 12.8 Å². The summed E-state index contributed by atoms with van der Waals surface area (Å²) in [6.45, 7) is 5.38. The highest BCUT2D eigenvalue weighted by atomic mass is 16.2. The highest BCUT2D eigenvalue weighted by Gasteiger charge is 2.15. The molecule has 0 radical (unpaired) electrons. The van der Waals surface area contributed by atoms with Gasteiger partial charge in [0.2, 0.25) is 5.91 Å². The lowest BCUT2D eigenvalue weighted by molar-refractivity contribution is -0.130. The predicted molar refractivity (Wildman–Crippen MR) is 69.8 cm³/mol. The lowest BCUT2D eigenvalue weighted by atomic mass is 9.96. The average Bonchev–Trinajstić information content (AvgIpc) is 2.42. The van der Waals surface area contributed by atoms with E-state index >= 15 is 0 Å². The second-order valence-electron chi connectivity index (χ2n) is 4.07. The van der Waals surface area contributed by atoms with Gasteiger partial charge in [-0.3, -0.25) is 9.78 Å². The topological polar surface area (TPSA) is 57.0 Å². The van der Waals surface area contributed by atoms with Gasteiger partial charge in [-0.1, -0.05) is 0 Å². The molecule has 4 nitrogen and oxygen atoms in total. The molecule has 1 aromatic heterocycles. The molecule has 1 unspecified atom stereocenters. The van der Waals surface area contributed by atoms with Crippen molar-refractivity contribution in [2.75, 3.05) is 13.1 Å². The van der Waals surface area contributed by atoms with Gasteiger partial charge in [-0.2, -0.15) is 5.26 Å². The summed E-state index contributed by atoms with van der Waals surface area (Å²) in [6.07, 6.45) is 4.33. The number of carbonyl (C=O) groups is 1. The summed E-state index contributed by atoms with van der Waals surface area (Å²) in [5, 5.41) is 9.15. The normalized spacial score (nSPS) is 11.6. The fourth-order valence-electron chi connectivity index (χ4n) is 1.90. The standard InChI is InChI=1S/C14H19N3O/c1-3-17(4-2)14(18)6-5-13(11-15)12-7-9-16-10-8-12/h7-10,13H,3-6H2,1-2H3. The summed E-state index contributed by atoms with van der Waals surface area (Å²) in [5.41, 5.74) is 0.930. The molecule has 0 saturated heterocycles. The Bertz CT molecular complexity index is 407. The molecule has 4 heteroatoms. The summed E-state index contributed by atoms with van der Waals surface area (Å²) in [7, 11) is 0. The zero-order valence-electron chi connectivity index (χ0n) is 11.0. The van der Waals surface area contributed by atoms with Crippen molar-refractivity contribution in [3.63, 3.8) is 0 Å². The quantitative estimate of drug-likeness (QED) is 0.773. The van der Waals surface area contributed by atoms with Crippen molar-refractivity contribution in [1.29, 1.82) is 5.26 Å². The third kappa shape index (κ3) is 3.85. The zero-order valence-corrected chi connectivity index (χ0v) is 11.0. The predicted octanol–water partition coefficient (Wildman–Crippen LogP) is 2.34. The Morgan fingerprint density at radius 2 is 2.00 bits per heavy atom. The lowest BCUT2D eigenvalue weighted by Crippen LogP contribution is -2.30. The highest BCUT2D eigenvalue weighted by Crippen LogP contribution is 2.20. The van der Waals surface area contributed by atoms with Gasteiger partial charge in [-0.25, -0.2) is 0 Å². The van der Waals surface area contributed by atoms with Gasteiger partial charge < -0.3 is 4.90 Å². The van der Waals surface area contributed by atoms with Crippen LogP contribution in [0.25, 0.3) is 0 Å². The van der Waals surface area contributed by atoms with Crippen LogP contribution in [0.15, 0.2) is 24.5 Å². The molecular weight excluding hydrogens is 226 g/mol. The molecule has 0 aromatic carbocycles. The van der Waals surface area contributed by atoms with Gasteiger partial charge in [-0.15, -0.1) is 0 Å². The molecule has 1 aromatic rings. The Morgan fingerprint density at radius 3 is 2.50 bits per heavy atom. The second kappa shape index (κ2) is 7.44. The van der Waals surface area contributed by atoms with Gasteiger partial charge in [0, 0.05) is 31.9 Å². The van der Waals surface area contributed by atoms with Crippen molar-refractivity contribution in [3.8, 4) is 6.07 Å². The van der Waals surface area contributed by atoms with Crippen LogP contribution in [0.2, 0.25) is 0 Å². The van der Waals surface area contributed by atoms with E-state index < -0.39 is 0 Å². The van der Waals surface area contributed by atoms with Crippen molar-refractivity contribution in [3.05, 3.63) is 30.1 Å². The molecule has 0 aliphatic rings. The Kier molecular flexibility index (Phi) is 5.86. The van der Waals surface area contributed by atoms with E-state index in [-0.39, 0.29) is 11.8 Å². The van der Waals surface area contributed by atoms with Crippen LogP contribution in [-0.4, -0.2) is 28.9 Å². The zero-order chi connectivity index (χ0) is 13.4. The maximum atomic E-state index is 11.9. The summed E-state index contributed by atoms with van der Waals surface area (Å²) >= 11 is 0. The number of amides is 1. The van der Waals surface area contributed by atoms with Crippen LogP contribution in [0, 0.1) is 11.3 Å². The van der Waals surface area contributed by atoms with E-state index in [9.17, 15) is 4.79 Å². The maximum Gasteiger partial charge on any atom is 0.222 e. The van der Waals surface area contributed by atoms with Gasteiger partial charge in [0.1, 0.15) is 0 Å². The number of pyridine rings is 1. The van der Waals surface area contributed by atoms with Crippen molar-refractivity contribution in [2.24, 2.45) is 0 Å². The molecule has 18 heavy (non-hydrogen) atoms. The third-order valence-electron chi connectivity index (χ3n) is 3.03. The van der Waals surface area contributed by atoms with E-state index in [0.717, 1.165) is 18.7 Å². The molecule has 0 bridgehead atoms. The summed E-state index contributed by atoms with van der Waals surface area (Å²) in [5.74, 6) is -0.109. The number of carbonyl (C=O) groups excluding carboxylic acids is 1. The third-order valence-corrected chi connectivity index (χ3v) is 3.03. The van der Waals surface area contributed by atoms with Crippen LogP contribution in [0.3, 0.4) is 0 Å². The molecular formula is C14H19N3O. The Labute approximate surface area is 108 Å². The molecule has 0 spiro atoms. The minimum Gasteiger partial charge on any atom is -0.343 e. The first-order valence-electron chi connectivity index (χ1n) is 6.30. The molecule has 1 atom stereocenters. The molecule has 0 aliphatic heterocycles. The number of hydrogen-bond donors (Lipinski definition) is 0.